The van der Waals surface area contributed by atoms with Crippen LogP contribution in [0.3, 0.4) is 0 Å². The number of hydrogen-bond acceptors (Lipinski definition) is 4. The second-order valence-corrected chi connectivity index (χ2v) is 7.80. The average molecular weight is 333 g/mol. The van der Waals surface area contributed by atoms with Crippen LogP contribution in [0.25, 0.3) is 0 Å². The van der Waals surface area contributed by atoms with E-state index < -0.39 is 15.6 Å². The van der Waals surface area contributed by atoms with Gasteiger partial charge in [-0.05, 0) is 37.5 Å². The molecule has 2 rings (SSSR count). The van der Waals surface area contributed by atoms with Gasteiger partial charge in [0.15, 0.2) is 0 Å². The third-order valence-corrected chi connectivity index (χ3v) is 6.12. The minimum Gasteiger partial charge on any atom is -0.398 e. The van der Waals surface area contributed by atoms with E-state index in [0.29, 0.717) is 18.5 Å². The number of benzene rings is 1. The molecule has 0 aromatic heterocycles. The number of nitrogens with two attached hydrogens (primary N) is 1. The first-order valence-electron chi connectivity index (χ1n) is 7.00. The Hall–Kier alpha value is -0.820. The largest absolute Gasteiger partial charge is 0.398 e. The predicted octanol–water partition coefficient (Wildman–Crippen LogP) is 2.20. The fourth-order valence-electron chi connectivity index (χ4n) is 2.74. The Bertz CT molecular complexity index is 625. The smallest absolute Gasteiger partial charge is 0.242 e. The van der Waals surface area contributed by atoms with Gasteiger partial charge in [-0.15, -0.1) is 0 Å². The molecule has 0 heterocycles. The Balaban J connectivity index is 2.36. The molecule has 0 spiro atoms. The van der Waals surface area contributed by atoms with Crippen molar-refractivity contribution in [3.05, 3.63) is 22.7 Å². The van der Waals surface area contributed by atoms with Gasteiger partial charge in [0.05, 0.1) is 17.2 Å². The van der Waals surface area contributed by atoms with Crippen molar-refractivity contribution < 1.29 is 13.5 Å². The fraction of sp³-hybridized carbons (Fsp3) is 0.571. The zero-order chi connectivity index (χ0) is 15.7. The molecule has 4 N–H and O–H groups in total. The molecule has 0 aliphatic heterocycles. The van der Waals surface area contributed by atoms with Crippen molar-refractivity contribution in [1.29, 1.82) is 0 Å². The summed E-state index contributed by atoms with van der Waals surface area (Å²) in [5, 5.41) is 9.77. The number of aliphatic hydroxyl groups excluding tert-OH is 1. The standard InChI is InChI=1S/C14H21ClN2O3S/c1-10-7-11(15)13(8-12(10)16)21(19,20)17-14(9-18)5-3-2-4-6-14/h7-8,17-18H,2-6,9,16H2,1H3. The molecular formula is C14H21ClN2O3S. The van der Waals surface area contributed by atoms with Gasteiger partial charge >= 0.3 is 0 Å². The van der Waals surface area contributed by atoms with E-state index in [0.717, 1.165) is 24.8 Å². The van der Waals surface area contributed by atoms with Crippen molar-refractivity contribution in [2.45, 2.75) is 49.5 Å². The average Bonchev–Trinajstić information content (AvgIpc) is 2.43. The number of sulfonamides is 1. The third-order valence-electron chi connectivity index (χ3n) is 4.07. The number of anilines is 1. The second kappa shape index (κ2) is 6.12. The molecule has 1 aliphatic rings. The van der Waals surface area contributed by atoms with E-state index in [1.54, 1.807) is 6.92 Å². The molecule has 1 aromatic carbocycles. The monoisotopic (exact) mass is 332 g/mol. The van der Waals surface area contributed by atoms with Crippen LogP contribution < -0.4 is 10.5 Å². The second-order valence-electron chi connectivity index (χ2n) is 5.74. The summed E-state index contributed by atoms with van der Waals surface area (Å²) in [5.41, 5.74) is 6.10. The zero-order valence-electron chi connectivity index (χ0n) is 12.0. The maximum absolute atomic E-state index is 12.6. The van der Waals surface area contributed by atoms with Crippen molar-refractivity contribution >= 4 is 27.3 Å². The van der Waals surface area contributed by atoms with E-state index in [4.69, 9.17) is 17.3 Å². The summed E-state index contributed by atoms with van der Waals surface area (Å²) in [6.45, 7) is 1.55. The van der Waals surface area contributed by atoms with Gasteiger partial charge in [0.2, 0.25) is 10.0 Å². The van der Waals surface area contributed by atoms with Gasteiger partial charge < -0.3 is 10.8 Å². The number of nitrogens with one attached hydrogen (secondary N) is 1. The van der Waals surface area contributed by atoms with E-state index in [9.17, 15) is 13.5 Å². The molecule has 1 fully saturated rings. The van der Waals surface area contributed by atoms with Crippen LogP contribution in [0.15, 0.2) is 17.0 Å². The Morgan fingerprint density at radius 1 is 1.33 bits per heavy atom. The Labute approximate surface area is 130 Å². The summed E-state index contributed by atoms with van der Waals surface area (Å²) >= 11 is 6.06. The van der Waals surface area contributed by atoms with E-state index in [1.807, 2.05) is 0 Å². The topological polar surface area (TPSA) is 92.4 Å². The lowest BCUT2D eigenvalue weighted by Crippen LogP contribution is -2.52. The van der Waals surface area contributed by atoms with E-state index in [-0.39, 0.29) is 16.5 Å². The summed E-state index contributed by atoms with van der Waals surface area (Å²) in [7, 11) is -3.82. The first kappa shape index (κ1) is 16.5. The Morgan fingerprint density at radius 2 is 1.95 bits per heavy atom. The number of aliphatic hydroxyl groups is 1. The molecule has 0 amide bonds. The Kier molecular flexibility index (Phi) is 4.82. The molecule has 7 heteroatoms. The number of aryl methyl sites for hydroxylation is 1. The molecule has 0 radical (unpaired) electrons. The van der Waals surface area contributed by atoms with Crippen LogP contribution in [0.5, 0.6) is 0 Å². The maximum Gasteiger partial charge on any atom is 0.242 e. The van der Waals surface area contributed by atoms with Crippen LogP contribution in [0, 0.1) is 6.92 Å². The summed E-state index contributed by atoms with van der Waals surface area (Å²) in [6.07, 6.45) is 4.10. The number of halogens is 1. The van der Waals surface area contributed by atoms with Gasteiger partial charge in [-0.2, -0.15) is 0 Å². The lowest BCUT2D eigenvalue weighted by Gasteiger charge is -2.36. The maximum atomic E-state index is 12.6. The molecule has 118 valence electrons. The highest BCUT2D eigenvalue weighted by Crippen LogP contribution is 2.32. The predicted molar refractivity (Wildman–Crippen MR) is 83.8 cm³/mol. The van der Waals surface area contributed by atoms with Crippen LogP contribution in [0.1, 0.15) is 37.7 Å². The molecule has 21 heavy (non-hydrogen) atoms. The summed E-state index contributed by atoms with van der Waals surface area (Å²) in [4.78, 5) is -0.0364. The zero-order valence-corrected chi connectivity index (χ0v) is 13.6. The summed E-state index contributed by atoms with van der Waals surface area (Å²) < 4.78 is 27.8. The summed E-state index contributed by atoms with van der Waals surface area (Å²) in [5.74, 6) is 0. The van der Waals surface area contributed by atoms with Crippen LogP contribution in [-0.2, 0) is 10.0 Å². The SMILES string of the molecule is Cc1cc(Cl)c(S(=O)(=O)NC2(CO)CCCCC2)cc1N. The van der Waals surface area contributed by atoms with Gasteiger partial charge in [-0.3, -0.25) is 0 Å². The lowest BCUT2D eigenvalue weighted by atomic mass is 9.83. The highest BCUT2D eigenvalue weighted by Gasteiger charge is 2.36. The van der Waals surface area contributed by atoms with Crippen molar-refractivity contribution in [2.24, 2.45) is 0 Å². The van der Waals surface area contributed by atoms with Crippen molar-refractivity contribution in [3.63, 3.8) is 0 Å². The first-order chi connectivity index (χ1) is 9.80. The van der Waals surface area contributed by atoms with Crippen molar-refractivity contribution in [3.8, 4) is 0 Å². The molecule has 0 atom stereocenters. The first-order valence-corrected chi connectivity index (χ1v) is 8.86. The molecule has 1 aromatic rings. The van der Waals surface area contributed by atoms with Gasteiger partial charge in [0.25, 0.3) is 0 Å². The number of hydrogen-bond donors (Lipinski definition) is 3. The van der Waals surface area contributed by atoms with Crippen molar-refractivity contribution in [1.82, 2.24) is 4.72 Å². The number of nitrogen functional groups attached to an aromatic ring is 1. The highest BCUT2D eigenvalue weighted by atomic mass is 35.5. The lowest BCUT2D eigenvalue weighted by molar-refractivity contribution is 0.142. The highest BCUT2D eigenvalue weighted by molar-refractivity contribution is 7.89. The Morgan fingerprint density at radius 3 is 2.52 bits per heavy atom. The van der Waals surface area contributed by atoms with Crippen LogP contribution in [0.4, 0.5) is 5.69 Å². The van der Waals surface area contributed by atoms with Gasteiger partial charge in [-0.1, -0.05) is 30.9 Å². The van der Waals surface area contributed by atoms with Crippen molar-refractivity contribution in [2.75, 3.05) is 12.3 Å². The quantitative estimate of drug-likeness (QED) is 0.737. The minimum atomic E-state index is -3.82. The minimum absolute atomic E-state index is 0.0364. The third kappa shape index (κ3) is 3.51. The van der Waals surface area contributed by atoms with E-state index in [2.05, 4.69) is 4.72 Å². The van der Waals surface area contributed by atoms with Crippen LogP contribution >= 0.6 is 11.6 Å². The fourth-order valence-corrected chi connectivity index (χ4v) is 4.80. The van der Waals surface area contributed by atoms with Gasteiger partial charge in [0, 0.05) is 5.69 Å². The molecule has 1 aliphatic carbocycles. The molecule has 1 saturated carbocycles. The normalized spacial score (nSPS) is 18.6. The van der Waals surface area contributed by atoms with Gasteiger partial charge in [-0.25, -0.2) is 13.1 Å². The molecule has 0 unspecified atom stereocenters. The molecule has 5 nitrogen and oxygen atoms in total. The summed E-state index contributed by atoms with van der Waals surface area (Å²) in [6, 6.07) is 2.91. The van der Waals surface area contributed by atoms with Crippen LogP contribution in [0.2, 0.25) is 5.02 Å². The number of rotatable bonds is 4. The van der Waals surface area contributed by atoms with E-state index in [1.165, 1.54) is 12.1 Å². The van der Waals surface area contributed by atoms with E-state index >= 15 is 0 Å². The molecule has 0 saturated heterocycles. The molecular weight excluding hydrogens is 312 g/mol. The molecule has 0 bridgehead atoms. The van der Waals surface area contributed by atoms with Gasteiger partial charge in [0.1, 0.15) is 4.90 Å². The van der Waals surface area contributed by atoms with Crippen LogP contribution in [-0.4, -0.2) is 25.7 Å².